The van der Waals surface area contributed by atoms with E-state index in [2.05, 4.69) is 10.3 Å². The average molecular weight is 327 g/mol. The number of halogens is 2. The van der Waals surface area contributed by atoms with Gasteiger partial charge in [-0.3, -0.25) is 4.99 Å². The molecule has 0 radical (unpaired) electrons. The largest absolute Gasteiger partial charge is 0.388 e. The van der Waals surface area contributed by atoms with Crippen LogP contribution in [0.4, 0.5) is 14.5 Å². The number of aliphatic imine (C=N–C) groups is 1. The molecule has 3 unspecified atom stereocenters. The standard InChI is InChI=1S/C15H19F2N3OS/c1-19-9-2-3-12(17)10(6-9)15-4-5-21-13(7-16)11(15)8-22-14(18)20-15/h2-3,6,11,13,19H,4-5,7-8H2,1H3,(H2,18,20). The monoisotopic (exact) mass is 327 g/mol. The van der Waals surface area contributed by atoms with Gasteiger partial charge in [0.25, 0.3) is 0 Å². The van der Waals surface area contributed by atoms with E-state index in [1.165, 1.54) is 17.8 Å². The van der Waals surface area contributed by atoms with Crippen molar-refractivity contribution in [2.75, 3.05) is 31.4 Å². The third-order valence-electron chi connectivity index (χ3n) is 4.47. The van der Waals surface area contributed by atoms with Gasteiger partial charge in [-0.05, 0) is 18.2 Å². The number of hydrogen-bond acceptors (Lipinski definition) is 5. The van der Waals surface area contributed by atoms with E-state index < -0.39 is 18.3 Å². The maximum Gasteiger partial charge on any atom is 0.154 e. The lowest BCUT2D eigenvalue weighted by atomic mass is 9.72. The number of hydrogen-bond donors (Lipinski definition) is 2. The number of thioether (sulfide) groups is 1. The summed E-state index contributed by atoms with van der Waals surface area (Å²) in [5.41, 5.74) is 6.32. The average Bonchev–Trinajstić information content (AvgIpc) is 2.54. The van der Waals surface area contributed by atoms with Crippen LogP contribution in [0.3, 0.4) is 0 Å². The van der Waals surface area contributed by atoms with Crippen LogP contribution in [0.15, 0.2) is 23.2 Å². The Morgan fingerprint density at radius 1 is 1.55 bits per heavy atom. The molecular formula is C15H19F2N3OS. The Kier molecular flexibility index (Phi) is 4.27. The maximum absolute atomic E-state index is 14.5. The van der Waals surface area contributed by atoms with Crippen molar-refractivity contribution in [2.45, 2.75) is 18.1 Å². The first-order valence-corrected chi connectivity index (χ1v) is 8.22. The fraction of sp³-hybridized carbons (Fsp3) is 0.533. The summed E-state index contributed by atoms with van der Waals surface area (Å²) in [5, 5.41) is 3.43. The minimum atomic E-state index is -0.846. The molecular weight excluding hydrogens is 308 g/mol. The van der Waals surface area contributed by atoms with Crippen LogP contribution in [0.2, 0.25) is 0 Å². The van der Waals surface area contributed by atoms with Gasteiger partial charge in [0.15, 0.2) is 5.17 Å². The van der Waals surface area contributed by atoms with E-state index in [1.807, 2.05) is 0 Å². The number of nitrogens with one attached hydrogen (secondary N) is 1. The number of benzene rings is 1. The quantitative estimate of drug-likeness (QED) is 0.895. The molecule has 1 fully saturated rings. The fourth-order valence-electron chi connectivity index (χ4n) is 3.32. The Hall–Kier alpha value is -1.34. The molecule has 3 atom stereocenters. The molecule has 3 rings (SSSR count). The molecule has 0 bridgehead atoms. The fourth-order valence-corrected chi connectivity index (χ4v) is 4.39. The number of nitrogens with zero attached hydrogens (tertiary/aromatic N) is 1. The first-order chi connectivity index (χ1) is 10.6. The molecule has 7 heteroatoms. The number of ether oxygens (including phenoxy) is 1. The second-order valence-corrected chi connectivity index (χ2v) is 6.59. The van der Waals surface area contributed by atoms with Crippen molar-refractivity contribution in [3.05, 3.63) is 29.6 Å². The molecule has 1 aromatic rings. The molecule has 22 heavy (non-hydrogen) atoms. The molecule has 0 saturated carbocycles. The van der Waals surface area contributed by atoms with Gasteiger partial charge >= 0.3 is 0 Å². The molecule has 1 saturated heterocycles. The molecule has 0 amide bonds. The van der Waals surface area contributed by atoms with Crippen LogP contribution in [0.5, 0.6) is 0 Å². The number of anilines is 1. The highest BCUT2D eigenvalue weighted by Gasteiger charge is 2.51. The van der Waals surface area contributed by atoms with Crippen molar-refractivity contribution in [1.29, 1.82) is 0 Å². The van der Waals surface area contributed by atoms with Gasteiger partial charge in [0.05, 0.1) is 11.6 Å². The van der Waals surface area contributed by atoms with Gasteiger partial charge in [0, 0.05) is 43.0 Å². The highest BCUT2D eigenvalue weighted by Crippen LogP contribution is 2.48. The lowest BCUT2D eigenvalue weighted by Crippen LogP contribution is -2.52. The Balaban J connectivity index is 2.15. The summed E-state index contributed by atoms with van der Waals surface area (Å²) in [6.07, 6.45) is -0.0739. The molecule has 2 heterocycles. The Morgan fingerprint density at radius 2 is 2.36 bits per heavy atom. The summed E-state index contributed by atoms with van der Waals surface area (Å²) in [7, 11) is 1.77. The van der Waals surface area contributed by atoms with E-state index in [9.17, 15) is 8.78 Å². The van der Waals surface area contributed by atoms with Crippen molar-refractivity contribution >= 4 is 22.6 Å². The van der Waals surface area contributed by atoms with Gasteiger partial charge in [0.2, 0.25) is 0 Å². The third-order valence-corrected chi connectivity index (χ3v) is 5.38. The van der Waals surface area contributed by atoms with Crippen molar-refractivity contribution in [1.82, 2.24) is 0 Å². The van der Waals surface area contributed by atoms with E-state index in [4.69, 9.17) is 10.5 Å². The molecule has 120 valence electrons. The smallest absolute Gasteiger partial charge is 0.154 e. The first-order valence-electron chi connectivity index (χ1n) is 7.24. The summed E-state index contributed by atoms with van der Waals surface area (Å²) >= 11 is 1.37. The molecule has 0 aromatic heterocycles. The molecule has 3 N–H and O–H groups in total. The molecule has 2 aliphatic rings. The lowest BCUT2D eigenvalue weighted by Gasteiger charge is -2.47. The topological polar surface area (TPSA) is 59.6 Å². The predicted octanol–water partition coefficient (Wildman–Crippen LogP) is 2.50. The molecule has 0 spiro atoms. The van der Waals surface area contributed by atoms with Gasteiger partial charge in [0.1, 0.15) is 12.5 Å². The van der Waals surface area contributed by atoms with E-state index in [-0.39, 0.29) is 11.7 Å². The summed E-state index contributed by atoms with van der Waals surface area (Å²) in [6, 6.07) is 4.83. The van der Waals surface area contributed by atoms with Crippen LogP contribution in [0.1, 0.15) is 12.0 Å². The minimum Gasteiger partial charge on any atom is -0.388 e. The van der Waals surface area contributed by atoms with Gasteiger partial charge < -0.3 is 15.8 Å². The summed E-state index contributed by atoms with van der Waals surface area (Å²) in [4.78, 5) is 4.58. The number of amidine groups is 1. The number of rotatable bonds is 3. The van der Waals surface area contributed by atoms with Crippen LogP contribution in [0, 0.1) is 11.7 Å². The second-order valence-electron chi connectivity index (χ2n) is 5.55. The molecule has 2 aliphatic heterocycles. The number of alkyl halides is 1. The number of fused-ring (bicyclic) bond motifs is 1. The normalized spacial score (nSPS) is 31.3. The van der Waals surface area contributed by atoms with Crippen LogP contribution in [-0.4, -0.2) is 37.4 Å². The van der Waals surface area contributed by atoms with Gasteiger partial charge in [-0.25, -0.2) is 8.78 Å². The van der Waals surface area contributed by atoms with Crippen LogP contribution in [0.25, 0.3) is 0 Å². The third kappa shape index (κ3) is 2.46. The minimum absolute atomic E-state index is 0.231. The van der Waals surface area contributed by atoms with E-state index in [0.717, 1.165) is 5.69 Å². The Labute approximate surface area is 132 Å². The van der Waals surface area contributed by atoms with Gasteiger partial charge in [-0.2, -0.15) is 0 Å². The highest BCUT2D eigenvalue weighted by molar-refractivity contribution is 8.13. The first kappa shape index (κ1) is 15.6. The second kappa shape index (κ2) is 6.04. The zero-order valence-corrected chi connectivity index (χ0v) is 13.1. The van der Waals surface area contributed by atoms with Gasteiger partial charge in [-0.15, -0.1) is 0 Å². The highest BCUT2D eigenvalue weighted by atomic mass is 32.2. The molecule has 0 aliphatic carbocycles. The van der Waals surface area contributed by atoms with Crippen LogP contribution >= 0.6 is 11.8 Å². The Bertz CT molecular complexity index is 598. The predicted molar refractivity (Wildman–Crippen MR) is 85.5 cm³/mol. The van der Waals surface area contributed by atoms with Crippen LogP contribution in [-0.2, 0) is 10.3 Å². The van der Waals surface area contributed by atoms with Crippen molar-refractivity contribution in [3.63, 3.8) is 0 Å². The number of nitrogens with two attached hydrogens (primary N) is 1. The zero-order chi connectivity index (χ0) is 15.7. The molecule has 4 nitrogen and oxygen atoms in total. The van der Waals surface area contributed by atoms with Gasteiger partial charge in [-0.1, -0.05) is 11.8 Å². The zero-order valence-electron chi connectivity index (χ0n) is 12.3. The van der Waals surface area contributed by atoms with E-state index in [1.54, 1.807) is 19.2 Å². The van der Waals surface area contributed by atoms with Crippen molar-refractivity contribution < 1.29 is 13.5 Å². The Morgan fingerprint density at radius 3 is 3.09 bits per heavy atom. The summed E-state index contributed by atoms with van der Waals surface area (Å²) in [5.74, 6) is 0.00441. The van der Waals surface area contributed by atoms with E-state index in [0.29, 0.717) is 29.5 Å². The van der Waals surface area contributed by atoms with Crippen LogP contribution < -0.4 is 11.1 Å². The SMILES string of the molecule is CNc1ccc(F)c(C23CCOC(CF)C2CSC(N)=N3)c1. The summed E-state index contributed by atoms with van der Waals surface area (Å²) in [6.45, 7) is -0.258. The van der Waals surface area contributed by atoms with E-state index >= 15 is 0 Å². The van der Waals surface area contributed by atoms with Crippen molar-refractivity contribution in [3.8, 4) is 0 Å². The lowest BCUT2D eigenvalue weighted by molar-refractivity contribution is -0.0714. The molecule has 1 aromatic carbocycles. The maximum atomic E-state index is 14.5. The van der Waals surface area contributed by atoms with Crippen molar-refractivity contribution in [2.24, 2.45) is 16.6 Å². The summed E-state index contributed by atoms with van der Waals surface area (Å²) < 4.78 is 33.4.